The Balaban J connectivity index is 0.00000200. The van der Waals surface area contributed by atoms with Crippen molar-refractivity contribution in [3.05, 3.63) is 17.5 Å². The SMILES string of the molecule is CN=C(NCc1cc(C)no1)N1CC(C)CC(C)C1.I. The van der Waals surface area contributed by atoms with Gasteiger partial charge < -0.3 is 14.7 Å². The second kappa shape index (κ2) is 7.85. The van der Waals surface area contributed by atoms with Crippen molar-refractivity contribution in [3.63, 3.8) is 0 Å². The lowest BCUT2D eigenvalue weighted by molar-refractivity contribution is 0.208. The van der Waals surface area contributed by atoms with Gasteiger partial charge in [0.05, 0.1) is 12.2 Å². The van der Waals surface area contributed by atoms with Gasteiger partial charge in [0, 0.05) is 26.2 Å². The van der Waals surface area contributed by atoms with Crippen LogP contribution in [0.15, 0.2) is 15.6 Å². The summed E-state index contributed by atoms with van der Waals surface area (Å²) in [7, 11) is 1.83. The highest BCUT2D eigenvalue weighted by molar-refractivity contribution is 14.0. The number of hydrogen-bond donors (Lipinski definition) is 1. The maximum Gasteiger partial charge on any atom is 0.194 e. The summed E-state index contributed by atoms with van der Waals surface area (Å²) < 4.78 is 5.20. The molecule has 1 aromatic rings. The van der Waals surface area contributed by atoms with E-state index in [0.29, 0.717) is 6.54 Å². The maximum absolute atomic E-state index is 5.20. The van der Waals surface area contributed by atoms with Crippen molar-refractivity contribution < 1.29 is 4.52 Å². The Hall–Kier alpha value is -0.790. The van der Waals surface area contributed by atoms with Crippen LogP contribution in [0.1, 0.15) is 31.7 Å². The maximum atomic E-state index is 5.20. The largest absolute Gasteiger partial charge is 0.359 e. The van der Waals surface area contributed by atoms with E-state index in [9.17, 15) is 0 Å². The molecule has 0 aromatic carbocycles. The van der Waals surface area contributed by atoms with Crippen molar-refractivity contribution in [1.82, 2.24) is 15.4 Å². The minimum atomic E-state index is 0. The molecule has 2 atom stereocenters. The normalized spacial score (nSPS) is 23.4. The standard InChI is InChI=1S/C14H24N4O.HI/c1-10-5-11(2)9-18(8-10)14(15-4)16-7-13-6-12(3)17-19-13;/h6,10-11H,5,7-9H2,1-4H3,(H,15,16);1H. The summed E-state index contributed by atoms with van der Waals surface area (Å²) in [4.78, 5) is 6.71. The minimum absolute atomic E-state index is 0. The molecule has 2 heterocycles. The first-order valence-electron chi connectivity index (χ1n) is 6.96. The van der Waals surface area contributed by atoms with Gasteiger partial charge in [-0.2, -0.15) is 0 Å². The number of likely N-dealkylation sites (tertiary alicyclic amines) is 1. The molecule has 5 nitrogen and oxygen atoms in total. The van der Waals surface area contributed by atoms with E-state index < -0.39 is 0 Å². The highest BCUT2D eigenvalue weighted by atomic mass is 127. The summed E-state index contributed by atoms with van der Waals surface area (Å²) in [6, 6.07) is 1.95. The van der Waals surface area contributed by atoms with Gasteiger partial charge >= 0.3 is 0 Å². The summed E-state index contributed by atoms with van der Waals surface area (Å²) >= 11 is 0. The first kappa shape index (κ1) is 17.3. The fourth-order valence-electron chi connectivity index (χ4n) is 2.83. The molecular formula is C14H25IN4O. The van der Waals surface area contributed by atoms with Crippen LogP contribution in [0.2, 0.25) is 0 Å². The van der Waals surface area contributed by atoms with Gasteiger partial charge in [-0.25, -0.2) is 0 Å². The smallest absolute Gasteiger partial charge is 0.194 e. The highest BCUT2D eigenvalue weighted by Crippen LogP contribution is 2.20. The Kier molecular flexibility index (Phi) is 6.78. The van der Waals surface area contributed by atoms with Crippen LogP contribution in [0.4, 0.5) is 0 Å². The molecule has 1 aliphatic heterocycles. The Morgan fingerprint density at radius 2 is 2.10 bits per heavy atom. The molecule has 0 amide bonds. The molecule has 1 aromatic heterocycles. The summed E-state index contributed by atoms with van der Waals surface area (Å²) in [5.74, 6) is 3.23. The summed E-state index contributed by atoms with van der Waals surface area (Å²) in [5, 5.41) is 7.24. The number of hydrogen-bond acceptors (Lipinski definition) is 3. The fourth-order valence-corrected chi connectivity index (χ4v) is 2.83. The van der Waals surface area contributed by atoms with Crippen LogP contribution in [-0.2, 0) is 6.54 Å². The van der Waals surface area contributed by atoms with Gasteiger partial charge in [-0.3, -0.25) is 4.99 Å². The number of aliphatic imine (C=N–C) groups is 1. The van der Waals surface area contributed by atoms with Crippen molar-refractivity contribution in [2.24, 2.45) is 16.8 Å². The van der Waals surface area contributed by atoms with E-state index in [2.05, 4.69) is 34.2 Å². The Morgan fingerprint density at radius 1 is 1.45 bits per heavy atom. The van der Waals surface area contributed by atoms with Gasteiger partial charge in [0.25, 0.3) is 0 Å². The number of guanidine groups is 1. The molecule has 6 heteroatoms. The van der Waals surface area contributed by atoms with Crippen molar-refractivity contribution in [3.8, 4) is 0 Å². The number of piperidine rings is 1. The van der Waals surface area contributed by atoms with Crippen molar-refractivity contribution in [2.75, 3.05) is 20.1 Å². The van der Waals surface area contributed by atoms with E-state index in [4.69, 9.17) is 4.52 Å². The van der Waals surface area contributed by atoms with Crippen LogP contribution >= 0.6 is 24.0 Å². The Labute approximate surface area is 138 Å². The number of nitrogens with zero attached hydrogens (tertiary/aromatic N) is 3. The van der Waals surface area contributed by atoms with E-state index in [0.717, 1.165) is 42.3 Å². The molecule has 0 bridgehead atoms. The number of nitrogens with one attached hydrogen (secondary N) is 1. The molecule has 2 unspecified atom stereocenters. The van der Waals surface area contributed by atoms with Gasteiger partial charge in [0.15, 0.2) is 11.7 Å². The van der Waals surface area contributed by atoms with Crippen molar-refractivity contribution in [2.45, 2.75) is 33.7 Å². The first-order chi connectivity index (χ1) is 9.08. The molecule has 1 saturated heterocycles. The van der Waals surface area contributed by atoms with Gasteiger partial charge in [-0.15, -0.1) is 24.0 Å². The van der Waals surface area contributed by atoms with Crippen LogP contribution in [-0.4, -0.2) is 36.2 Å². The molecular weight excluding hydrogens is 367 g/mol. The fraction of sp³-hybridized carbons (Fsp3) is 0.714. The van der Waals surface area contributed by atoms with E-state index in [1.54, 1.807) is 0 Å². The van der Waals surface area contributed by atoms with Gasteiger partial charge in [-0.1, -0.05) is 19.0 Å². The lowest BCUT2D eigenvalue weighted by Gasteiger charge is -2.36. The predicted molar refractivity (Wildman–Crippen MR) is 91.4 cm³/mol. The van der Waals surface area contributed by atoms with Crippen LogP contribution in [0, 0.1) is 18.8 Å². The zero-order valence-corrected chi connectivity index (χ0v) is 15.0. The molecule has 20 heavy (non-hydrogen) atoms. The monoisotopic (exact) mass is 392 g/mol. The topological polar surface area (TPSA) is 53.7 Å². The number of aryl methyl sites for hydroxylation is 1. The molecule has 0 spiro atoms. The Morgan fingerprint density at radius 3 is 2.60 bits per heavy atom. The van der Waals surface area contributed by atoms with Gasteiger partial charge in [-0.05, 0) is 25.2 Å². The highest BCUT2D eigenvalue weighted by Gasteiger charge is 2.24. The summed E-state index contributed by atoms with van der Waals surface area (Å²) in [6.07, 6.45) is 1.30. The third-order valence-electron chi connectivity index (χ3n) is 3.48. The second-order valence-corrected chi connectivity index (χ2v) is 5.69. The molecule has 0 saturated carbocycles. The van der Waals surface area contributed by atoms with E-state index in [1.165, 1.54) is 6.42 Å². The van der Waals surface area contributed by atoms with E-state index >= 15 is 0 Å². The zero-order valence-electron chi connectivity index (χ0n) is 12.7. The quantitative estimate of drug-likeness (QED) is 0.478. The number of halogens is 1. The second-order valence-electron chi connectivity index (χ2n) is 5.69. The molecule has 114 valence electrons. The van der Waals surface area contributed by atoms with Crippen LogP contribution in [0.25, 0.3) is 0 Å². The van der Waals surface area contributed by atoms with Gasteiger partial charge in [0.2, 0.25) is 0 Å². The molecule has 0 radical (unpaired) electrons. The predicted octanol–water partition coefficient (Wildman–Crippen LogP) is 2.65. The molecule has 1 aliphatic rings. The third kappa shape index (κ3) is 4.64. The average molecular weight is 392 g/mol. The minimum Gasteiger partial charge on any atom is -0.359 e. The van der Waals surface area contributed by atoms with E-state index in [-0.39, 0.29) is 24.0 Å². The van der Waals surface area contributed by atoms with Crippen LogP contribution in [0.3, 0.4) is 0 Å². The molecule has 0 aliphatic carbocycles. The molecule has 2 rings (SSSR count). The average Bonchev–Trinajstić information content (AvgIpc) is 2.75. The summed E-state index contributed by atoms with van der Waals surface area (Å²) in [5.41, 5.74) is 0.909. The summed E-state index contributed by atoms with van der Waals surface area (Å²) in [6.45, 7) is 9.30. The number of aromatic nitrogens is 1. The van der Waals surface area contributed by atoms with Gasteiger partial charge in [0.1, 0.15) is 0 Å². The van der Waals surface area contributed by atoms with E-state index in [1.807, 2.05) is 20.0 Å². The van der Waals surface area contributed by atoms with Crippen molar-refractivity contribution in [1.29, 1.82) is 0 Å². The lowest BCUT2D eigenvalue weighted by Crippen LogP contribution is -2.48. The first-order valence-corrected chi connectivity index (χ1v) is 6.96. The Bertz CT molecular complexity index is 436. The van der Waals surface area contributed by atoms with Crippen molar-refractivity contribution >= 4 is 29.9 Å². The molecule has 1 N–H and O–H groups in total. The number of rotatable bonds is 2. The van der Waals surface area contributed by atoms with Crippen LogP contribution < -0.4 is 5.32 Å². The molecule has 1 fully saturated rings. The van der Waals surface area contributed by atoms with Crippen LogP contribution in [0.5, 0.6) is 0 Å². The third-order valence-corrected chi connectivity index (χ3v) is 3.48. The zero-order chi connectivity index (χ0) is 13.8. The lowest BCUT2D eigenvalue weighted by atomic mass is 9.92.